The Morgan fingerprint density at radius 2 is 2.00 bits per heavy atom. The molecule has 0 bridgehead atoms. The number of aromatic nitrogens is 4. The van der Waals surface area contributed by atoms with Crippen molar-refractivity contribution in [1.82, 2.24) is 19.7 Å². The van der Waals surface area contributed by atoms with Crippen LogP contribution in [0.3, 0.4) is 0 Å². The van der Waals surface area contributed by atoms with Crippen molar-refractivity contribution in [2.45, 2.75) is 13.8 Å². The zero-order valence-corrected chi connectivity index (χ0v) is 11.0. The number of hydrogen-bond acceptors (Lipinski definition) is 4. The van der Waals surface area contributed by atoms with E-state index in [0.717, 1.165) is 5.69 Å². The molecular formula is C11H12ClN5O. The van der Waals surface area contributed by atoms with Gasteiger partial charge in [0.05, 0.1) is 5.69 Å². The van der Waals surface area contributed by atoms with E-state index in [1.807, 2.05) is 6.92 Å². The van der Waals surface area contributed by atoms with Crippen LogP contribution >= 0.6 is 11.6 Å². The molecule has 94 valence electrons. The highest BCUT2D eigenvalue weighted by Gasteiger charge is 2.13. The van der Waals surface area contributed by atoms with Gasteiger partial charge >= 0.3 is 0 Å². The molecule has 0 radical (unpaired) electrons. The molecule has 0 saturated carbocycles. The zero-order chi connectivity index (χ0) is 13.3. The van der Waals surface area contributed by atoms with Crippen LogP contribution < -0.4 is 5.32 Å². The van der Waals surface area contributed by atoms with Crippen LogP contribution in [-0.4, -0.2) is 25.7 Å². The molecule has 7 heteroatoms. The van der Waals surface area contributed by atoms with E-state index < -0.39 is 0 Å². The molecule has 1 amide bonds. The van der Waals surface area contributed by atoms with Crippen molar-refractivity contribution in [2.24, 2.45) is 7.05 Å². The van der Waals surface area contributed by atoms with Crippen molar-refractivity contribution >= 4 is 23.5 Å². The van der Waals surface area contributed by atoms with E-state index in [1.165, 1.54) is 4.68 Å². The molecule has 0 aromatic carbocycles. The minimum Gasteiger partial charge on any atom is -0.289 e. The van der Waals surface area contributed by atoms with Crippen molar-refractivity contribution < 1.29 is 4.79 Å². The van der Waals surface area contributed by atoms with Crippen molar-refractivity contribution in [3.05, 3.63) is 34.4 Å². The summed E-state index contributed by atoms with van der Waals surface area (Å²) in [4.78, 5) is 20.0. The highest BCUT2D eigenvalue weighted by Crippen LogP contribution is 2.11. The van der Waals surface area contributed by atoms with Gasteiger partial charge in [0.1, 0.15) is 10.8 Å². The second kappa shape index (κ2) is 4.73. The molecule has 0 aliphatic rings. The van der Waals surface area contributed by atoms with E-state index in [2.05, 4.69) is 20.4 Å². The summed E-state index contributed by atoms with van der Waals surface area (Å²) < 4.78 is 1.50. The average Bonchev–Trinajstić information content (AvgIpc) is 2.56. The Morgan fingerprint density at radius 3 is 2.56 bits per heavy atom. The topological polar surface area (TPSA) is 72.7 Å². The number of rotatable bonds is 2. The van der Waals surface area contributed by atoms with Crippen LogP contribution in [-0.2, 0) is 7.05 Å². The Labute approximate surface area is 109 Å². The predicted molar refractivity (Wildman–Crippen MR) is 67.7 cm³/mol. The molecule has 2 heterocycles. The summed E-state index contributed by atoms with van der Waals surface area (Å²) in [7, 11) is 1.70. The van der Waals surface area contributed by atoms with Crippen molar-refractivity contribution in [2.75, 3.05) is 5.32 Å². The first-order valence-electron chi connectivity index (χ1n) is 5.29. The van der Waals surface area contributed by atoms with Crippen LogP contribution in [0.15, 0.2) is 12.1 Å². The third-order valence-corrected chi connectivity index (χ3v) is 2.48. The SMILES string of the molecule is Cc1cc(Cl)nc(NC(=O)c2cc(C)nn2C)n1. The monoisotopic (exact) mass is 265 g/mol. The minimum atomic E-state index is -0.320. The van der Waals surface area contributed by atoms with Crippen LogP contribution in [0.5, 0.6) is 0 Å². The van der Waals surface area contributed by atoms with E-state index in [0.29, 0.717) is 16.5 Å². The maximum Gasteiger partial charge on any atom is 0.276 e. The quantitative estimate of drug-likeness (QED) is 0.840. The van der Waals surface area contributed by atoms with Gasteiger partial charge in [-0.1, -0.05) is 11.6 Å². The Bertz CT molecular complexity index is 587. The Morgan fingerprint density at radius 1 is 1.28 bits per heavy atom. The number of carbonyl (C=O) groups is 1. The van der Waals surface area contributed by atoms with Gasteiger partial charge in [0.15, 0.2) is 0 Å². The molecule has 2 aromatic rings. The van der Waals surface area contributed by atoms with Gasteiger partial charge in [-0.3, -0.25) is 14.8 Å². The maximum absolute atomic E-state index is 12.0. The van der Waals surface area contributed by atoms with E-state index in [4.69, 9.17) is 11.6 Å². The van der Waals surface area contributed by atoms with E-state index in [1.54, 1.807) is 26.1 Å². The molecule has 6 nitrogen and oxygen atoms in total. The Hall–Kier alpha value is -1.95. The molecule has 2 rings (SSSR count). The molecule has 0 fully saturated rings. The molecule has 0 spiro atoms. The molecule has 1 N–H and O–H groups in total. The van der Waals surface area contributed by atoms with Crippen LogP contribution in [0.1, 0.15) is 21.9 Å². The van der Waals surface area contributed by atoms with Gasteiger partial charge in [-0.15, -0.1) is 0 Å². The van der Waals surface area contributed by atoms with Crippen molar-refractivity contribution in [3.8, 4) is 0 Å². The summed E-state index contributed by atoms with van der Waals surface area (Å²) in [6, 6.07) is 3.30. The van der Waals surface area contributed by atoms with Gasteiger partial charge in [0, 0.05) is 12.7 Å². The third-order valence-electron chi connectivity index (χ3n) is 2.28. The average molecular weight is 266 g/mol. The first-order chi connectivity index (χ1) is 8.45. The number of anilines is 1. The van der Waals surface area contributed by atoms with Gasteiger partial charge in [0.2, 0.25) is 5.95 Å². The number of nitrogens with one attached hydrogen (secondary N) is 1. The number of nitrogens with zero attached hydrogens (tertiary/aromatic N) is 4. The summed E-state index contributed by atoms with van der Waals surface area (Å²) in [5, 5.41) is 6.98. The van der Waals surface area contributed by atoms with Crippen molar-refractivity contribution in [3.63, 3.8) is 0 Å². The first-order valence-corrected chi connectivity index (χ1v) is 5.66. The lowest BCUT2D eigenvalue weighted by atomic mass is 10.3. The van der Waals surface area contributed by atoms with Gasteiger partial charge in [0.25, 0.3) is 5.91 Å². The summed E-state index contributed by atoms with van der Waals surface area (Å²) in [5.41, 5.74) is 1.89. The molecular weight excluding hydrogens is 254 g/mol. The van der Waals surface area contributed by atoms with Crippen LogP contribution in [0.25, 0.3) is 0 Å². The summed E-state index contributed by atoms with van der Waals surface area (Å²) in [6.07, 6.45) is 0. The lowest BCUT2D eigenvalue weighted by molar-refractivity contribution is 0.101. The second-order valence-corrected chi connectivity index (χ2v) is 4.29. The summed E-state index contributed by atoms with van der Waals surface area (Å²) in [6.45, 7) is 3.59. The molecule has 0 saturated heterocycles. The molecule has 0 unspecified atom stereocenters. The highest BCUT2D eigenvalue weighted by molar-refractivity contribution is 6.29. The number of hydrogen-bond donors (Lipinski definition) is 1. The number of aryl methyl sites for hydroxylation is 3. The van der Waals surface area contributed by atoms with Crippen LogP contribution in [0.4, 0.5) is 5.95 Å². The fourth-order valence-corrected chi connectivity index (χ4v) is 1.81. The zero-order valence-electron chi connectivity index (χ0n) is 10.2. The van der Waals surface area contributed by atoms with Gasteiger partial charge in [-0.2, -0.15) is 5.10 Å². The lowest BCUT2D eigenvalue weighted by Gasteiger charge is -2.04. The third kappa shape index (κ3) is 2.65. The van der Waals surface area contributed by atoms with Gasteiger partial charge < -0.3 is 0 Å². The standard InChI is InChI=1S/C11H12ClN5O/c1-6-5-9(12)14-11(13-6)15-10(18)8-4-7(2)16-17(8)3/h4-5H,1-3H3,(H,13,14,15,18). The fourth-order valence-electron chi connectivity index (χ4n) is 1.57. The van der Waals surface area contributed by atoms with E-state index in [-0.39, 0.29) is 11.9 Å². The molecule has 2 aromatic heterocycles. The van der Waals surface area contributed by atoms with Gasteiger partial charge in [-0.05, 0) is 26.0 Å². The van der Waals surface area contributed by atoms with Crippen LogP contribution in [0, 0.1) is 13.8 Å². The Kier molecular flexibility index (Phi) is 3.29. The summed E-state index contributed by atoms with van der Waals surface area (Å²) in [5.74, 6) is -0.136. The Balaban J connectivity index is 2.23. The summed E-state index contributed by atoms with van der Waals surface area (Å²) >= 11 is 5.80. The minimum absolute atomic E-state index is 0.184. The molecule has 18 heavy (non-hydrogen) atoms. The van der Waals surface area contributed by atoms with Crippen LogP contribution in [0.2, 0.25) is 5.15 Å². The molecule has 0 atom stereocenters. The second-order valence-electron chi connectivity index (χ2n) is 3.90. The van der Waals surface area contributed by atoms with E-state index in [9.17, 15) is 4.79 Å². The van der Waals surface area contributed by atoms with Crippen molar-refractivity contribution in [1.29, 1.82) is 0 Å². The predicted octanol–water partition coefficient (Wildman–Crippen LogP) is 1.73. The normalized spacial score (nSPS) is 10.4. The molecule has 0 aliphatic heterocycles. The number of carbonyl (C=O) groups excluding carboxylic acids is 1. The first kappa shape index (κ1) is 12.5. The fraction of sp³-hybridized carbons (Fsp3) is 0.273. The molecule has 0 aliphatic carbocycles. The van der Waals surface area contributed by atoms with Gasteiger partial charge in [-0.25, -0.2) is 9.97 Å². The number of halogens is 1. The largest absolute Gasteiger partial charge is 0.289 e. The smallest absolute Gasteiger partial charge is 0.276 e. The maximum atomic E-state index is 12.0. The lowest BCUT2D eigenvalue weighted by Crippen LogP contribution is -2.18. The number of amides is 1. The van der Waals surface area contributed by atoms with E-state index >= 15 is 0 Å². The highest BCUT2D eigenvalue weighted by atomic mass is 35.5.